The molecular weight excluding hydrogens is 541 g/mol. The largest absolute Gasteiger partial charge is 0.480 e. The van der Waals surface area contributed by atoms with Gasteiger partial charge in [-0.05, 0) is 49.8 Å². The van der Waals surface area contributed by atoms with Gasteiger partial charge < -0.3 is 34.3 Å². The Bertz CT molecular complexity index is 1530. The Morgan fingerprint density at radius 2 is 1.85 bits per heavy atom. The van der Waals surface area contributed by atoms with Gasteiger partial charge in [-0.2, -0.15) is 4.98 Å². The van der Waals surface area contributed by atoms with E-state index >= 15 is 0 Å². The monoisotopic (exact) mass is 572 g/mol. The maximum Gasteiger partial charge on any atom is 0.301 e. The maximum atomic E-state index is 14.9. The average molecular weight is 573 g/mol. The summed E-state index contributed by atoms with van der Waals surface area (Å²) in [5.41, 5.74) is 0.714. The molecule has 0 unspecified atom stereocenters. The number of pyridine rings is 1. The number of nitrogens with zero attached hydrogens (tertiary/aromatic N) is 4. The van der Waals surface area contributed by atoms with Gasteiger partial charge in [0.25, 0.3) is 5.56 Å². The van der Waals surface area contributed by atoms with Gasteiger partial charge in [-0.15, -0.1) is 0 Å². The van der Waals surface area contributed by atoms with Gasteiger partial charge in [-0.3, -0.25) is 4.79 Å². The van der Waals surface area contributed by atoms with Gasteiger partial charge in [-0.25, -0.2) is 18.2 Å². The molecule has 218 valence electrons. The molecule has 1 aliphatic carbocycles. The lowest BCUT2D eigenvalue weighted by molar-refractivity contribution is -0.0889. The SMILES string of the molecule is Cn1c(=O)c2c(c3cc(Nc4nc(N5CCC(C6OCCO6)CC5)ncc4F)ccc31)N[C@@H](C1CC1)C(F)(F)CO2. The predicted octanol–water partition coefficient (Wildman–Crippen LogP) is 4.02. The van der Waals surface area contributed by atoms with Crippen molar-refractivity contribution in [2.75, 3.05) is 48.4 Å². The van der Waals surface area contributed by atoms with Crippen molar-refractivity contribution in [2.45, 2.75) is 43.9 Å². The van der Waals surface area contributed by atoms with E-state index in [0.717, 1.165) is 19.0 Å². The molecule has 2 aromatic heterocycles. The Hall–Kier alpha value is -3.58. The standard InChI is InChI=1S/C28H31F3N6O4/c1-36-20-5-4-17(12-18(20)21-22(25(36)38)41-14-28(30,31)23(34-21)15-2-3-15)33-24-19(29)13-32-27(35-24)37-8-6-16(7-9-37)26-39-10-11-40-26/h4-5,12-13,15-16,23,26,34H,2-3,6-11,14H2,1H3,(H,32,33,35)/t23-/m0/s1. The van der Waals surface area contributed by atoms with Gasteiger partial charge in [0, 0.05) is 37.1 Å². The molecule has 0 radical (unpaired) electrons. The summed E-state index contributed by atoms with van der Waals surface area (Å²) in [5, 5.41) is 6.48. The summed E-state index contributed by atoms with van der Waals surface area (Å²) in [6, 6.07) is 3.92. The summed E-state index contributed by atoms with van der Waals surface area (Å²) in [4.78, 5) is 23.7. The number of fused-ring (bicyclic) bond motifs is 3. The highest BCUT2D eigenvalue weighted by molar-refractivity contribution is 5.97. The lowest BCUT2D eigenvalue weighted by Gasteiger charge is -2.33. The number of nitrogens with one attached hydrogen (secondary N) is 2. The van der Waals surface area contributed by atoms with Crippen LogP contribution in [0.25, 0.3) is 10.9 Å². The molecule has 1 aromatic carbocycles. The Balaban J connectivity index is 1.18. The third-order valence-corrected chi connectivity index (χ3v) is 8.46. The molecule has 1 atom stereocenters. The van der Waals surface area contributed by atoms with Crippen molar-refractivity contribution in [2.24, 2.45) is 18.9 Å². The number of benzene rings is 1. The molecule has 10 nitrogen and oxygen atoms in total. The number of aromatic nitrogens is 3. The number of aryl methyl sites for hydroxylation is 1. The Kier molecular flexibility index (Phi) is 6.45. The third kappa shape index (κ3) is 4.84. The molecule has 4 aliphatic rings. The molecule has 3 aromatic rings. The van der Waals surface area contributed by atoms with Crippen LogP contribution >= 0.6 is 0 Å². The van der Waals surface area contributed by atoms with Gasteiger partial charge in [0.1, 0.15) is 0 Å². The van der Waals surface area contributed by atoms with Crippen molar-refractivity contribution < 1.29 is 27.4 Å². The highest BCUT2D eigenvalue weighted by atomic mass is 19.3. The number of hydrogen-bond acceptors (Lipinski definition) is 9. The summed E-state index contributed by atoms with van der Waals surface area (Å²) in [6.07, 6.45) is 4.03. The Morgan fingerprint density at radius 1 is 1.10 bits per heavy atom. The van der Waals surface area contributed by atoms with Crippen molar-refractivity contribution >= 4 is 34.0 Å². The third-order valence-electron chi connectivity index (χ3n) is 8.46. The second-order valence-electron chi connectivity index (χ2n) is 11.2. The number of ether oxygens (including phenoxy) is 3. The summed E-state index contributed by atoms with van der Waals surface area (Å²) >= 11 is 0. The minimum absolute atomic E-state index is 0.0126. The molecule has 13 heteroatoms. The zero-order valence-electron chi connectivity index (χ0n) is 22.5. The smallest absolute Gasteiger partial charge is 0.301 e. The highest BCUT2D eigenvalue weighted by Crippen LogP contribution is 2.45. The number of rotatable bonds is 5. The summed E-state index contributed by atoms with van der Waals surface area (Å²) < 4.78 is 62.8. The minimum atomic E-state index is -3.14. The van der Waals surface area contributed by atoms with E-state index in [1.54, 1.807) is 25.2 Å². The number of alkyl halides is 2. The van der Waals surface area contributed by atoms with Crippen LogP contribution in [0.2, 0.25) is 0 Å². The van der Waals surface area contributed by atoms with Crippen molar-refractivity contribution in [3.05, 3.63) is 40.6 Å². The molecule has 0 bridgehead atoms. The number of piperidine rings is 1. The average Bonchev–Trinajstić information content (AvgIpc) is 3.68. The molecule has 2 saturated heterocycles. The van der Waals surface area contributed by atoms with E-state index in [0.29, 0.717) is 67.6 Å². The fraction of sp³-hybridized carbons (Fsp3) is 0.536. The maximum absolute atomic E-state index is 14.9. The fourth-order valence-corrected chi connectivity index (χ4v) is 6.04. The molecule has 5 heterocycles. The van der Waals surface area contributed by atoms with Gasteiger partial charge in [0.2, 0.25) is 11.7 Å². The van der Waals surface area contributed by atoms with Crippen LogP contribution in [0.3, 0.4) is 0 Å². The second kappa shape index (κ2) is 10.1. The van der Waals surface area contributed by atoms with Crippen LogP contribution in [0.15, 0.2) is 29.2 Å². The van der Waals surface area contributed by atoms with Crippen LogP contribution in [-0.2, 0) is 16.5 Å². The van der Waals surface area contributed by atoms with Crippen LogP contribution in [0.1, 0.15) is 25.7 Å². The molecular formula is C28H31F3N6O4. The van der Waals surface area contributed by atoms with Gasteiger partial charge in [-0.1, -0.05) is 0 Å². The topological polar surface area (TPSA) is 103 Å². The Morgan fingerprint density at radius 3 is 2.59 bits per heavy atom. The summed E-state index contributed by atoms with van der Waals surface area (Å²) in [6.45, 7) is 1.73. The number of hydrogen-bond donors (Lipinski definition) is 2. The van der Waals surface area contributed by atoms with E-state index in [4.69, 9.17) is 14.2 Å². The lowest BCUT2D eigenvalue weighted by Crippen LogP contribution is -2.44. The van der Waals surface area contributed by atoms with Crippen molar-refractivity contribution in [3.63, 3.8) is 0 Å². The predicted molar refractivity (Wildman–Crippen MR) is 146 cm³/mol. The van der Waals surface area contributed by atoms with E-state index in [2.05, 4.69) is 20.6 Å². The van der Waals surface area contributed by atoms with Gasteiger partial charge in [0.05, 0.1) is 36.7 Å². The van der Waals surface area contributed by atoms with Crippen LogP contribution < -0.4 is 25.8 Å². The fourth-order valence-electron chi connectivity index (χ4n) is 6.04. The summed E-state index contributed by atoms with van der Waals surface area (Å²) in [7, 11) is 1.56. The van der Waals surface area contributed by atoms with Gasteiger partial charge in [0.15, 0.2) is 24.5 Å². The number of anilines is 4. The first kappa shape index (κ1) is 26.3. The van der Waals surface area contributed by atoms with Crippen LogP contribution in [0.4, 0.5) is 36.3 Å². The summed E-state index contributed by atoms with van der Waals surface area (Å²) in [5.74, 6) is -3.43. The molecule has 7 rings (SSSR count). The molecule has 41 heavy (non-hydrogen) atoms. The molecule has 2 N–H and O–H groups in total. The van der Waals surface area contributed by atoms with Crippen LogP contribution in [0.5, 0.6) is 5.75 Å². The molecule has 0 amide bonds. The van der Waals surface area contributed by atoms with Gasteiger partial charge >= 0.3 is 5.92 Å². The van der Waals surface area contributed by atoms with E-state index in [1.165, 1.54) is 4.57 Å². The first-order valence-corrected chi connectivity index (χ1v) is 14.0. The van der Waals surface area contributed by atoms with E-state index < -0.39 is 29.9 Å². The molecule has 3 aliphatic heterocycles. The number of halogens is 3. The Labute approximate surface area is 233 Å². The molecule has 0 spiro atoms. The van der Waals surface area contributed by atoms with E-state index in [1.807, 2.05) is 4.90 Å². The van der Waals surface area contributed by atoms with Crippen molar-refractivity contribution in [1.82, 2.24) is 14.5 Å². The zero-order valence-corrected chi connectivity index (χ0v) is 22.5. The van der Waals surface area contributed by atoms with Crippen LogP contribution in [-0.4, -0.2) is 65.7 Å². The van der Waals surface area contributed by atoms with Crippen molar-refractivity contribution in [3.8, 4) is 5.75 Å². The highest BCUT2D eigenvalue weighted by Gasteiger charge is 2.51. The van der Waals surface area contributed by atoms with E-state index in [9.17, 15) is 18.0 Å². The molecule has 1 saturated carbocycles. The molecule has 3 fully saturated rings. The quantitative estimate of drug-likeness (QED) is 0.469. The first-order valence-electron chi connectivity index (χ1n) is 14.0. The second-order valence-corrected chi connectivity index (χ2v) is 11.2. The zero-order chi connectivity index (χ0) is 28.3. The van der Waals surface area contributed by atoms with E-state index in [-0.39, 0.29) is 29.5 Å². The van der Waals surface area contributed by atoms with Crippen molar-refractivity contribution in [1.29, 1.82) is 0 Å². The minimum Gasteiger partial charge on any atom is -0.480 e. The first-order chi connectivity index (χ1) is 19.8. The van der Waals surface area contributed by atoms with Crippen LogP contribution in [0, 0.1) is 17.7 Å². The normalized spacial score (nSPS) is 23.1. The lowest BCUT2D eigenvalue weighted by atomic mass is 9.96.